The Morgan fingerprint density at radius 3 is 1.66 bits per heavy atom. The van der Waals surface area contributed by atoms with Gasteiger partial charge in [-0.2, -0.15) is 0 Å². The van der Waals surface area contributed by atoms with Crippen molar-refractivity contribution in [3.8, 4) is 0 Å². The lowest BCUT2D eigenvalue weighted by Gasteiger charge is -2.51. The summed E-state index contributed by atoms with van der Waals surface area (Å²) in [6, 6.07) is 32.5. The first-order valence-corrected chi connectivity index (χ1v) is 11.5. The van der Waals surface area contributed by atoms with Gasteiger partial charge in [-0.25, -0.2) is 0 Å². The highest BCUT2D eigenvalue weighted by Crippen LogP contribution is 2.45. The van der Waals surface area contributed by atoms with Crippen LogP contribution in [0.25, 0.3) is 0 Å². The van der Waals surface area contributed by atoms with Crippen LogP contribution in [0.4, 0.5) is 0 Å². The van der Waals surface area contributed by atoms with Gasteiger partial charge in [0.15, 0.2) is 0 Å². The van der Waals surface area contributed by atoms with Crippen molar-refractivity contribution in [2.75, 3.05) is 40.0 Å². The molecular formula is C28H34N2O2. The molecule has 1 aliphatic heterocycles. The molecule has 4 rings (SSSR count). The van der Waals surface area contributed by atoms with Crippen LogP contribution in [-0.2, 0) is 14.9 Å². The van der Waals surface area contributed by atoms with Gasteiger partial charge in [0.25, 0.3) is 0 Å². The molecule has 0 amide bonds. The minimum atomic E-state index is -0.436. The molecule has 2 unspecified atom stereocenters. The van der Waals surface area contributed by atoms with E-state index in [1.165, 1.54) is 16.7 Å². The molecule has 1 fully saturated rings. The molecule has 2 N–H and O–H groups in total. The highest BCUT2D eigenvalue weighted by atomic mass is 16.5. The molecule has 0 spiro atoms. The third kappa shape index (κ3) is 4.50. The van der Waals surface area contributed by atoms with Crippen LogP contribution in [0, 0.1) is 0 Å². The van der Waals surface area contributed by atoms with Gasteiger partial charge in [-0.15, -0.1) is 0 Å². The summed E-state index contributed by atoms with van der Waals surface area (Å²) in [6.07, 6.45) is 0.784. The number of nitrogens with two attached hydrogens (primary N) is 1. The first-order chi connectivity index (χ1) is 15.8. The van der Waals surface area contributed by atoms with Crippen LogP contribution in [0.15, 0.2) is 91.0 Å². The van der Waals surface area contributed by atoms with Crippen LogP contribution in [-0.4, -0.2) is 57.0 Å². The van der Waals surface area contributed by atoms with Crippen LogP contribution in [0.5, 0.6) is 0 Å². The lowest BCUT2D eigenvalue weighted by molar-refractivity contribution is -0.00393. The smallest absolute Gasteiger partial charge is 0.0621 e. The maximum absolute atomic E-state index is 7.07. The van der Waals surface area contributed by atoms with Crippen LogP contribution >= 0.6 is 0 Å². The van der Waals surface area contributed by atoms with E-state index in [1.807, 2.05) is 0 Å². The van der Waals surface area contributed by atoms with Crippen LogP contribution < -0.4 is 5.73 Å². The van der Waals surface area contributed by atoms with Crippen LogP contribution in [0.3, 0.4) is 0 Å². The Balaban J connectivity index is 2.01. The second-order valence-electron chi connectivity index (χ2n) is 8.44. The van der Waals surface area contributed by atoms with Crippen molar-refractivity contribution in [2.24, 2.45) is 5.73 Å². The number of methoxy groups -OCH3 is 1. The van der Waals surface area contributed by atoms with E-state index in [9.17, 15) is 0 Å². The van der Waals surface area contributed by atoms with Gasteiger partial charge in [-0.3, -0.25) is 4.90 Å². The van der Waals surface area contributed by atoms with Crippen molar-refractivity contribution in [1.82, 2.24) is 4.90 Å². The molecule has 1 aliphatic rings. The SMILES string of the molecule is COCCC(N)C(N1CCOCC1)C(c1ccccc1)(c1ccccc1)c1ccccc1. The Kier molecular flexibility index (Phi) is 7.72. The second kappa shape index (κ2) is 10.9. The van der Waals surface area contributed by atoms with Crippen molar-refractivity contribution < 1.29 is 9.47 Å². The predicted molar refractivity (Wildman–Crippen MR) is 130 cm³/mol. The number of hydrogen-bond acceptors (Lipinski definition) is 4. The zero-order valence-corrected chi connectivity index (χ0v) is 18.9. The van der Waals surface area contributed by atoms with Crippen molar-refractivity contribution in [3.63, 3.8) is 0 Å². The molecule has 2 atom stereocenters. The standard InChI is InChI=1S/C28H34N2O2/c1-31-20-17-26(29)27(30-18-21-32-22-19-30)28(23-11-5-2-6-12-23,24-13-7-3-8-14-24)25-15-9-4-10-16-25/h2-16,26-27H,17-22,29H2,1H3. The summed E-state index contributed by atoms with van der Waals surface area (Å²) < 4.78 is 11.2. The summed E-state index contributed by atoms with van der Waals surface area (Å²) in [5.74, 6) is 0. The van der Waals surface area contributed by atoms with Gasteiger partial charge in [-0.1, -0.05) is 91.0 Å². The van der Waals surface area contributed by atoms with Crippen molar-refractivity contribution in [2.45, 2.75) is 23.9 Å². The Labute approximate surface area is 192 Å². The number of benzene rings is 3. The van der Waals surface area contributed by atoms with Crippen LogP contribution in [0.1, 0.15) is 23.1 Å². The van der Waals surface area contributed by atoms with E-state index in [1.54, 1.807) is 7.11 Å². The Morgan fingerprint density at radius 1 is 0.812 bits per heavy atom. The Bertz CT molecular complexity index is 831. The number of morpholine rings is 1. The molecular weight excluding hydrogens is 396 g/mol. The maximum Gasteiger partial charge on any atom is 0.0621 e. The molecule has 168 valence electrons. The fourth-order valence-electron chi connectivity index (χ4n) is 5.25. The zero-order chi connectivity index (χ0) is 22.2. The molecule has 32 heavy (non-hydrogen) atoms. The Hall–Kier alpha value is -2.50. The fraction of sp³-hybridized carbons (Fsp3) is 0.357. The highest BCUT2D eigenvalue weighted by Gasteiger charge is 2.49. The molecule has 1 saturated heterocycles. The van der Waals surface area contributed by atoms with E-state index in [2.05, 4.69) is 95.9 Å². The molecule has 0 saturated carbocycles. The maximum atomic E-state index is 7.07. The molecule has 0 aliphatic carbocycles. The third-order valence-corrected chi connectivity index (χ3v) is 6.63. The van der Waals surface area contributed by atoms with Gasteiger partial charge in [0.1, 0.15) is 0 Å². The topological polar surface area (TPSA) is 47.7 Å². The lowest BCUT2D eigenvalue weighted by Crippen LogP contribution is -2.62. The minimum absolute atomic E-state index is 0.0359. The molecule has 3 aromatic carbocycles. The number of ether oxygens (including phenoxy) is 2. The molecule has 0 aromatic heterocycles. The predicted octanol–water partition coefficient (Wildman–Crippen LogP) is 4.09. The van der Waals surface area contributed by atoms with E-state index in [-0.39, 0.29) is 12.1 Å². The summed E-state index contributed by atoms with van der Waals surface area (Å²) in [4.78, 5) is 2.54. The van der Waals surface area contributed by atoms with Gasteiger partial charge in [0, 0.05) is 38.9 Å². The average molecular weight is 431 g/mol. The van der Waals surface area contributed by atoms with Gasteiger partial charge in [0.05, 0.1) is 18.6 Å². The molecule has 4 heteroatoms. The first-order valence-electron chi connectivity index (χ1n) is 11.5. The van der Waals surface area contributed by atoms with Crippen molar-refractivity contribution in [3.05, 3.63) is 108 Å². The van der Waals surface area contributed by atoms with Gasteiger partial charge >= 0.3 is 0 Å². The number of hydrogen-bond donors (Lipinski definition) is 1. The summed E-state index contributed by atoms with van der Waals surface area (Å²) in [5.41, 5.74) is 10.4. The second-order valence-corrected chi connectivity index (χ2v) is 8.44. The number of rotatable bonds is 9. The van der Waals surface area contributed by atoms with Gasteiger partial charge in [0.2, 0.25) is 0 Å². The lowest BCUT2D eigenvalue weighted by atomic mass is 9.62. The fourth-order valence-corrected chi connectivity index (χ4v) is 5.25. The van der Waals surface area contributed by atoms with E-state index in [4.69, 9.17) is 15.2 Å². The van der Waals surface area contributed by atoms with Gasteiger partial charge in [-0.05, 0) is 23.1 Å². The third-order valence-electron chi connectivity index (χ3n) is 6.63. The summed E-state index contributed by atoms with van der Waals surface area (Å²) in [7, 11) is 1.75. The van der Waals surface area contributed by atoms with Crippen molar-refractivity contribution >= 4 is 0 Å². The quantitative estimate of drug-likeness (QED) is 0.520. The Morgan fingerprint density at radius 2 is 1.25 bits per heavy atom. The summed E-state index contributed by atoms with van der Waals surface area (Å²) in [5, 5.41) is 0. The molecule has 3 aromatic rings. The minimum Gasteiger partial charge on any atom is -0.385 e. The van der Waals surface area contributed by atoms with E-state index in [0.29, 0.717) is 6.61 Å². The van der Waals surface area contributed by atoms with Crippen LogP contribution in [0.2, 0.25) is 0 Å². The normalized spacial score (nSPS) is 17.1. The molecule has 1 heterocycles. The number of nitrogens with zero attached hydrogens (tertiary/aromatic N) is 1. The summed E-state index contributed by atoms with van der Waals surface area (Å²) in [6.45, 7) is 3.81. The average Bonchev–Trinajstić information content (AvgIpc) is 2.88. The molecule has 0 radical (unpaired) electrons. The molecule has 4 nitrogen and oxygen atoms in total. The van der Waals surface area contributed by atoms with E-state index < -0.39 is 5.41 Å². The largest absolute Gasteiger partial charge is 0.385 e. The van der Waals surface area contributed by atoms with Crippen molar-refractivity contribution in [1.29, 1.82) is 0 Å². The molecule has 0 bridgehead atoms. The van der Waals surface area contributed by atoms with E-state index in [0.717, 1.165) is 32.7 Å². The monoisotopic (exact) mass is 430 g/mol. The van der Waals surface area contributed by atoms with Gasteiger partial charge < -0.3 is 15.2 Å². The highest BCUT2D eigenvalue weighted by molar-refractivity contribution is 5.53. The summed E-state index contributed by atoms with van der Waals surface area (Å²) >= 11 is 0. The van der Waals surface area contributed by atoms with E-state index >= 15 is 0 Å². The first kappa shape index (κ1) is 22.7. The zero-order valence-electron chi connectivity index (χ0n) is 18.9.